The number of rotatable bonds is 7. The maximum atomic E-state index is 11.6. The van der Waals surface area contributed by atoms with Crippen molar-refractivity contribution >= 4 is 29.3 Å². The Labute approximate surface area is 116 Å². The van der Waals surface area contributed by atoms with E-state index in [4.69, 9.17) is 5.11 Å². The standard InChI is InChI=1S/C13H18N2O3S/c1-3-4-5-11(13(17)18)15-12(16)7-6-10-8-19-9(2)14-10/h6-8,11H,3-5H2,1-2H3,(H,15,16)(H,17,18)/b7-6+/t11-/m0/s1. The van der Waals surface area contributed by atoms with E-state index in [1.165, 1.54) is 17.4 Å². The van der Waals surface area contributed by atoms with Crippen molar-refractivity contribution in [2.24, 2.45) is 0 Å². The SMILES string of the molecule is CCCC[C@H](NC(=O)/C=C/c1csc(C)n1)C(=O)O. The normalized spacial score (nSPS) is 12.5. The molecule has 0 bridgehead atoms. The average molecular weight is 282 g/mol. The molecular weight excluding hydrogens is 264 g/mol. The number of unbranched alkanes of at least 4 members (excludes halogenated alkanes) is 1. The van der Waals surface area contributed by atoms with Crippen molar-refractivity contribution < 1.29 is 14.7 Å². The summed E-state index contributed by atoms with van der Waals surface area (Å²) in [6.45, 7) is 3.86. The van der Waals surface area contributed by atoms with E-state index < -0.39 is 17.9 Å². The minimum Gasteiger partial charge on any atom is -0.480 e. The van der Waals surface area contributed by atoms with E-state index in [9.17, 15) is 9.59 Å². The number of hydrogen-bond donors (Lipinski definition) is 2. The molecule has 0 aromatic carbocycles. The lowest BCUT2D eigenvalue weighted by Gasteiger charge is -2.12. The second-order valence-corrected chi connectivity index (χ2v) is 5.23. The summed E-state index contributed by atoms with van der Waals surface area (Å²) >= 11 is 1.50. The third kappa shape index (κ3) is 5.65. The Morgan fingerprint density at radius 2 is 2.32 bits per heavy atom. The maximum Gasteiger partial charge on any atom is 0.326 e. The molecule has 1 heterocycles. The molecule has 19 heavy (non-hydrogen) atoms. The summed E-state index contributed by atoms with van der Waals surface area (Å²) in [5.41, 5.74) is 0.707. The highest BCUT2D eigenvalue weighted by molar-refractivity contribution is 7.09. The molecule has 5 nitrogen and oxygen atoms in total. The summed E-state index contributed by atoms with van der Waals surface area (Å²) in [7, 11) is 0. The zero-order chi connectivity index (χ0) is 14.3. The van der Waals surface area contributed by atoms with Gasteiger partial charge in [0.15, 0.2) is 0 Å². The summed E-state index contributed by atoms with van der Waals surface area (Å²) in [6, 6.07) is -0.825. The van der Waals surface area contributed by atoms with E-state index in [0.29, 0.717) is 12.1 Å². The average Bonchev–Trinajstić information content (AvgIpc) is 2.77. The quantitative estimate of drug-likeness (QED) is 0.752. The molecule has 0 spiro atoms. The number of amides is 1. The lowest BCUT2D eigenvalue weighted by Crippen LogP contribution is -2.39. The van der Waals surface area contributed by atoms with Gasteiger partial charge in [-0.3, -0.25) is 4.79 Å². The summed E-state index contributed by atoms with van der Waals surface area (Å²) in [5, 5.41) is 14.2. The van der Waals surface area contributed by atoms with Crippen molar-refractivity contribution in [1.29, 1.82) is 0 Å². The second-order valence-electron chi connectivity index (χ2n) is 4.17. The van der Waals surface area contributed by atoms with Gasteiger partial charge in [0.1, 0.15) is 6.04 Å². The molecule has 1 rings (SSSR count). The topological polar surface area (TPSA) is 79.3 Å². The number of aliphatic carboxylic acids is 1. The number of hydrogen-bond acceptors (Lipinski definition) is 4. The molecule has 0 saturated carbocycles. The molecule has 2 N–H and O–H groups in total. The lowest BCUT2D eigenvalue weighted by molar-refractivity contribution is -0.141. The van der Waals surface area contributed by atoms with Crippen LogP contribution in [0.3, 0.4) is 0 Å². The summed E-state index contributed by atoms with van der Waals surface area (Å²) in [4.78, 5) is 26.8. The van der Waals surface area contributed by atoms with Gasteiger partial charge in [-0.1, -0.05) is 19.8 Å². The molecular formula is C13H18N2O3S. The Bertz CT molecular complexity index is 468. The van der Waals surface area contributed by atoms with Gasteiger partial charge in [0.05, 0.1) is 10.7 Å². The molecule has 0 unspecified atom stereocenters. The van der Waals surface area contributed by atoms with Crippen LogP contribution in [0.1, 0.15) is 36.9 Å². The Hall–Kier alpha value is -1.69. The van der Waals surface area contributed by atoms with Crippen LogP contribution in [-0.4, -0.2) is 28.0 Å². The van der Waals surface area contributed by atoms with Gasteiger partial charge >= 0.3 is 5.97 Å². The van der Waals surface area contributed by atoms with Gasteiger partial charge in [0.2, 0.25) is 5.91 Å². The fourth-order valence-corrected chi connectivity index (χ4v) is 2.08. The zero-order valence-corrected chi connectivity index (χ0v) is 11.9. The van der Waals surface area contributed by atoms with E-state index in [-0.39, 0.29) is 0 Å². The van der Waals surface area contributed by atoms with Crippen LogP contribution in [0.15, 0.2) is 11.5 Å². The number of nitrogens with zero attached hydrogens (tertiary/aromatic N) is 1. The Kier molecular flexibility index (Phi) is 6.21. The molecule has 0 fully saturated rings. The molecule has 1 aromatic rings. The first-order valence-electron chi connectivity index (χ1n) is 6.16. The van der Waals surface area contributed by atoms with Crippen LogP contribution in [0, 0.1) is 6.92 Å². The first kappa shape index (κ1) is 15.4. The van der Waals surface area contributed by atoms with Crippen molar-refractivity contribution in [2.45, 2.75) is 39.2 Å². The minimum absolute atomic E-state index is 0.408. The smallest absolute Gasteiger partial charge is 0.326 e. The summed E-state index contributed by atoms with van der Waals surface area (Å²) < 4.78 is 0. The number of aryl methyl sites for hydroxylation is 1. The number of nitrogens with one attached hydrogen (secondary N) is 1. The number of carboxylic acid groups (broad SMARTS) is 1. The van der Waals surface area contributed by atoms with Crippen LogP contribution in [-0.2, 0) is 9.59 Å². The Morgan fingerprint density at radius 3 is 2.84 bits per heavy atom. The fourth-order valence-electron chi connectivity index (χ4n) is 1.50. The Balaban J connectivity index is 2.52. The Morgan fingerprint density at radius 1 is 1.58 bits per heavy atom. The molecule has 0 aliphatic heterocycles. The van der Waals surface area contributed by atoms with Crippen LogP contribution in [0.4, 0.5) is 0 Å². The van der Waals surface area contributed by atoms with Crippen LogP contribution in [0.2, 0.25) is 0 Å². The maximum absolute atomic E-state index is 11.6. The third-order valence-electron chi connectivity index (χ3n) is 2.50. The first-order chi connectivity index (χ1) is 9.02. The highest BCUT2D eigenvalue weighted by Crippen LogP contribution is 2.09. The fraction of sp³-hybridized carbons (Fsp3) is 0.462. The highest BCUT2D eigenvalue weighted by Gasteiger charge is 2.17. The molecule has 104 valence electrons. The van der Waals surface area contributed by atoms with Crippen LogP contribution >= 0.6 is 11.3 Å². The van der Waals surface area contributed by atoms with E-state index in [2.05, 4.69) is 10.3 Å². The molecule has 0 aliphatic carbocycles. The monoisotopic (exact) mass is 282 g/mol. The number of carbonyl (C=O) groups excluding carboxylic acids is 1. The van der Waals surface area contributed by atoms with Crippen molar-refractivity contribution in [1.82, 2.24) is 10.3 Å². The molecule has 6 heteroatoms. The number of thiazole rings is 1. The molecule has 0 aliphatic rings. The number of aromatic nitrogens is 1. The zero-order valence-electron chi connectivity index (χ0n) is 11.0. The van der Waals surface area contributed by atoms with Gasteiger partial charge in [-0.05, 0) is 19.4 Å². The van der Waals surface area contributed by atoms with Crippen molar-refractivity contribution in [3.8, 4) is 0 Å². The van der Waals surface area contributed by atoms with Crippen LogP contribution < -0.4 is 5.32 Å². The van der Waals surface area contributed by atoms with E-state index in [0.717, 1.165) is 17.8 Å². The predicted molar refractivity (Wildman–Crippen MR) is 75.0 cm³/mol. The third-order valence-corrected chi connectivity index (χ3v) is 3.29. The second kappa shape index (κ2) is 7.68. The van der Waals surface area contributed by atoms with Gasteiger partial charge < -0.3 is 10.4 Å². The summed E-state index contributed by atoms with van der Waals surface area (Å²) in [5.74, 6) is -1.41. The van der Waals surface area contributed by atoms with Gasteiger partial charge in [-0.15, -0.1) is 11.3 Å². The van der Waals surface area contributed by atoms with E-state index >= 15 is 0 Å². The largest absolute Gasteiger partial charge is 0.480 e. The van der Waals surface area contributed by atoms with Gasteiger partial charge in [0.25, 0.3) is 0 Å². The van der Waals surface area contributed by atoms with Crippen molar-refractivity contribution in [3.05, 3.63) is 22.2 Å². The number of carboxylic acids is 1. The molecule has 1 atom stereocenters. The highest BCUT2D eigenvalue weighted by atomic mass is 32.1. The lowest BCUT2D eigenvalue weighted by atomic mass is 10.1. The molecule has 1 amide bonds. The first-order valence-corrected chi connectivity index (χ1v) is 7.04. The van der Waals surface area contributed by atoms with Crippen molar-refractivity contribution in [3.63, 3.8) is 0 Å². The minimum atomic E-state index is -1.00. The van der Waals surface area contributed by atoms with Gasteiger partial charge in [-0.2, -0.15) is 0 Å². The van der Waals surface area contributed by atoms with Crippen molar-refractivity contribution in [2.75, 3.05) is 0 Å². The van der Waals surface area contributed by atoms with Crippen LogP contribution in [0.5, 0.6) is 0 Å². The van der Waals surface area contributed by atoms with Gasteiger partial charge in [0, 0.05) is 11.5 Å². The molecule has 0 radical (unpaired) electrons. The molecule has 0 saturated heterocycles. The number of carbonyl (C=O) groups is 2. The van der Waals surface area contributed by atoms with E-state index in [1.807, 2.05) is 19.2 Å². The van der Waals surface area contributed by atoms with Gasteiger partial charge in [-0.25, -0.2) is 9.78 Å². The van der Waals surface area contributed by atoms with E-state index in [1.54, 1.807) is 6.08 Å². The summed E-state index contributed by atoms with van der Waals surface area (Å²) in [6.07, 6.45) is 5.01. The van der Waals surface area contributed by atoms with Crippen LogP contribution in [0.25, 0.3) is 6.08 Å². The molecule has 1 aromatic heterocycles. The predicted octanol–water partition coefficient (Wildman–Crippen LogP) is 2.22.